The molecule has 0 atom stereocenters. The number of aliphatic carboxylic acids is 1. The number of carboxylic acids is 1. The molecular formula is C29H49NO13. The molecule has 1 rings (SSSR count). The Morgan fingerprint density at radius 3 is 1.12 bits per heavy atom. The second-order valence-electron chi connectivity index (χ2n) is 8.71. The van der Waals surface area contributed by atoms with Crippen molar-refractivity contribution in [2.45, 2.75) is 13.3 Å². The van der Waals surface area contributed by atoms with Crippen molar-refractivity contribution < 1.29 is 62.1 Å². The van der Waals surface area contributed by atoms with Crippen molar-refractivity contribution in [3.05, 3.63) is 24.3 Å². The van der Waals surface area contributed by atoms with Crippen LogP contribution >= 0.6 is 0 Å². The van der Waals surface area contributed by atoms with E-state index >= 15 is 0 Å². The number of carbonyl (C=O) groups excluding carboxylic acids is 1. The van der Waals surface area contributed by atoms with Gasteiger partial charge in [-0.1, -0.05) is 0 Å². The van der Waals surface area contributed by atoms with Gasteiger partial charge in [0.05, 0.1) is 125 Å². The molecule has 248 valence electrons. The Kier molecular flexibility index (Phi) is 26.6. The molecule has 0 aliphatic heterocycles. The zero-order chi connectivity index (χ0) is 31.1. The number of benzene rings is 1. The highest BCUT2D eigenvalue weighted by Gasteiger charge is 1.99. The molecule has 0 unspecified atom stereocenters. The minimum absolute atomic E-state index is 0.00471. The van der Waals surface area contributed by atoms with Gasteiger partial charge in [0, 0.05) is 12.6 Å². The van der Waals surface area contributed by atoms with Gasteiger partial charge < -0.3 is 57.8 Å². The van der Waals surface area contributed by atoms with Crippen LogP contribution < -0.4 is 10.1 Å². The van der Waals surface area contributed by atoms with Gasteiger partial charge >= 0.3 is 5.97 Å². The van der Waals surface area contributed by atoms with E-state index in [1.807, 2.05) is 0 Å². The summed E-state index contributed by atoms with van der Waals surface area (Å²) < 4.78 is 54.1. The van der Waals surface area contributed by atoms with Crippen molar-refractivity contribution in [1.29, 1.82) is 0 Å². The lowest BCUT2D eigenvalue weighted by Crippen LogP contribution is -2.15. The molecule has 2 N–H and O–H groups in total. The number of nitrogens with one attached hydrogen (secondary N) is 1. The molecule has 43 heavy (non-hydrogen) atoms. The fourth-order valence-electron chi connectivity index (χ4n) is 3.08. The number of rotatable bonds is 32. The Hall–Kier alpha value is -2.40. The van der Waals surface area contributed by atoms with Crippen molar-refractivity contribution >= 4 is 17.6 Å². The van der Waals surface area contributed by atoms with Crippen LogP contribution in [0.4, 0.5) is 5.69 Å². The number of amides is 1. The maximum Gasteiger partial charge on any atom is 0.305 e. The second-order valence-corrected chi connectivity index (χ2v) is 8.71. The summed E-state index contributed by atoms with van der Waals surface area (Å²) in [6.45, 7) is 9.94. The van der Waals surface area contributed by atoms with Crippen molar-refractivity contribution in [2.24, 2.45) is 0 Å². The van der Waals surface area contributed by atoms with Crippen LogP contribution in [0.1, 0.15) is 13.3 Å². The first-order chi connectivity index (χ1) is 21.1. The fraction of sp³-hybridized carbons (Fsp3) is 0.724. The Morgan fingerprint density at radius 1 is 0.512 bits per heavy atom. The first-order valence-corrected chi connectivity index (χ1v) is 14.5. The van der Waals surface area contributed by atoms with Crippen molar-refractivity contribution in [3.8, 4) is 5.75 Å². The standard InChI is InChI=1S/C29H49NO13/c1-26(31)30-27-2-4-28(5-3-27)43-25-24-42-23-22-41-21-20-40-19-18-39-17-16-38-15-14-37-13-12-36-11-10-35-9-8-34-7-6-29(32)33/h2-5H,6-25H2,1H3,(H,30,31)(H,32,33). The van der Waals surface area contributed by atoms with E-state index < -0.39 is 5.97 Å². The van der Waals surface area contributed by atoms with E-state index in [1.54, 1.807) is 24.3 Å². The molecule has 0 bridgehead atoms. The van der Waals surface area contributed by atoms with Crippen molar-refractivity contribution in [3.63, 3.8) is 0 Å². The van der Waals surface area contributed by atoms with Gasteiger partial charge in [-0.05, 0) is 24.3 Å². The summed E-state index contributed by atoms with van der Waals surface area (Å²) in [6, 6.07) is 7.15. The summed E-state index contributed by atoms with van der Waals surface area (Å²) in [6.07, 6.45) is -0.00471. The lowest BCUT2D eigenvalue weighted by atomic mass is 10.3. The highest BCUT2D eigenvalue weighted by Crippen LogP contribution is 2.15. The fourth-order valence-corrected chi connectivity index (χ4v) is 3.08. The van der Waals surface area contributed by atoms with Gasteiger partial charge in [0.15, 0.2) is 0 Å². The number of hydrogen-bond acceptors (Lipinski definition) is 12. The smallest absolute Gasteiger partial charge is 0.305 e. The summed E-state index contributed by atoms with van der Waals surface area (Å²) in [7, 11) is 0. The third-order valence-corrected chi connectivity index (χ3v) is 5.11. The van der Waals surface area contributed by atoms with Crippen LogP contribution in [0.2, 0.25) is 0 Å². The molecule has 0 aliphatic carbocycles. The van der Waals surface area contributed by atoms with Crippen LogP contribution in [0, 0.1) is 0 Å². The maximum atomic E-state index is 11.0. The summed E-state index contributed by atoms with van der Waals surface area (Å²) in [5.41, 5.74) is 0.727. The quantitative estimate of drug-likeness (QED) is 0.112. The zero-order valence-corrected chi connectivity index (χ0v) is 25.3. The third kappa shape index (κ3) is 28.1. The van der Waals surface area contributed by atoms with E-state index in [9.17, 15) is 9.59 Å². The molecule has 1 aromatic rings. The maximum absolute atomic E-state index is 11.0. The van der Waals surface area contributed by atoms with E-state index in [1.165, 1.54) is 6.92 Å². The largest absolute Gasteiger partial charge is 0.491 e. The molecule has 14 heteroatoms. The highest BCUT2D eigenvalue weighted by molar-refractivity contribution is 5.88. The number of ether oxygens (including phenoxy) is 10. The van der Waals surface area contributed by atoms with Crippen LogP contribution in [0.5, 0.6) is 5.75 Å². The first kappa shape index (κ1) is 38.6. The minimum Gasteiger partial charge on any atom is -0.491 e. The van der Waals surface area contributed by atoms with E-state index in [0.717, 1.165) is 5.69 Å². The lowest BCUT2D eigenvalue weighted by Gasteiger charge is -2.09. The van der Waals surface area contributed by atoms with Gasteiger partial charge in [0.2, 0.25) is 5.91 Å². The average Bonchev–Trinajstić information content (AvgIpc) is 2.98. The van der Waals surface area contributed by atoms with Gasteiger partial charge in [-0.25, -0.2) is 0 Å². The van der Waals surface area contributed by atoms with Gasteiger partial charge in [-0.2, -0.15) is 0 Å². The number of hydrogen-bond donors (Lipinski definition) is 2. The van der Waals surface area contributed by atoms with Gasteiger partial charge in [-0.15, -0.1) is 0 Å². The Bertz CT molecular complexity index is 782. The molecule has 0 saturated carbocycles. The normalized spacial score (nSPS) is 11.1. The number of carboxylic acid groups (broad SMARTS) is 1. The minimum atomic E-state index is -0.877. The highest BCUT2D eigenvalue weighted by atomic mass is 16.6. The molecule has 0 saturated heterocycles. The monoisotopic (exact) mass is 619 g/mol. The van der Waals surface area contributed by atoms with Crippen LogP contribution in [0.3, 0.4) is 0 Å². The third-order valence-electron chi connectivity index (χ3n) is 5.11. The van der Waals surface area contributed by atoms with Gasteiger partial charge in [-0.3, -0.25) is 9.59 Å². The Labute approximate surface area is 254 Å². The average molecular weight is 620 g/mol. The topological polar surface area (TPSA) is 159 Å². The second kappa shape index (κ2) is 29.7. The van der Waals surface area contributed by atoms with Gasteiger partial charge in [0.1, 0.15) is 12.4 Å². The molecule has 0 radical (unpaired) electrons. The predicted molar refractivity (Wildman–Crippen MR) is 156 cm³/mol. The van der Waals surface area contributed by atoms with Crippen LogP contribution in [-0.4, -0.2) is 143 Å². The van der Waals surface area contributed by atoms with Crippen LogP contribution in [0.15, 0.2) is 24.3 Å². The summed E-state index contributed by atoms with van der Waals surface area (Å²) in [4.78, 5) is 21.3. The van der Waals surface area contributed by atoms with Gasteiger partial charge in [0.25, 0.3) is 0 Å². The molecule has 1 aromatic carbocycles. The molecule has 0 aromatic heterocycles. The van der Waals surface area contributed by atoms with Crippen LogP contribution in [-0.2, 0) is 52.2 Å². The molecule has 0 spiro atoms. The molecular weight excluding hydrogens is 570 g/mol. The summed E-state index contributed by atoms with van der Waals surface area (Å²) >= 11 is 0. The molecule has 0 heterocycles. The van der Waals surface area contributed by atoms with Crippen LogP contribution in [0.25, 0.3) is 0 Å². The van der Waals surface area contributed by atoms with Crippen molar-refractivity contribution in [2.75, 3.05) is 131 Å². The Balaban J connectivity index is 1.68. The molecule has 0 aliphatic rings. The Morgan fingerprint density at radius 2 is 0.814 bits per heavy atom. The molecule has 1 amide bonds. The summed E-state index contributed by atoms with van der Waals surface area (Å²) in [5.74, 6) is -0.277. The lowest BCUT2D eigenvalue weighted by molar-refractivity contribution is -0.138. The first-order valence-electron chi connectivity index (χ1n) is 14.5. The van der Waals surface area contributed by atoms with Crippen molar-refractivity contribution in [1.82, 2.24) is 0 Å². The van der Waals surface area contributed by atoms with E-state index in [4.69, 9.17) is 52.5 Å². The number of anilines is 1. The SMILES string of the molecule is CC(=O)Nc1ccc(OCCOCCOCCOCCOCCOCCOCCOCCOCCOCCC(=O)O)cc1. The van der Waals surface area contributed by atoms with E-state index in [-0.39, 0.29) is 18.9 Å². The predicted octanol–water partition coefficient (Wildman–Crippen LogP) is 1.65. The molecule has 14 nitrogen and oxygen atoms in total. The zero-order valence-electron chi connectivity index (χ0n) is 25.3. The molecule has 0 fully saturated rings. The van der Waals surface area contributed by atoms with E-state index in [2.05, 4.69) is 5.32 Å². The summed E-state index contributed by atoms with van der Waals surface area (Å²) in [5, 5.41) is 11.2. The number of carbonyl (C=O) groups is 2. The van der Waals surface area contributed by atoms with E-state index in [0.29, 0.717) is 125 Å².